The molecule has 1 aromatic carbocycles. The number of carbonyl (C=O) groups excluding carboxylic acids is 2. The average Bonchev–Trinajstić information content (AvgIpc) is 2.89. The van der Waals surface area contributed by atoms with E-state index in [2.05, 4.69) is 27.7 Å². The largest absolute Gasteiger partial charge is 0.462 e. The van der Waals surface area contributed by atoms with Crippen LogP contribution >= 0.6 is 0 Å². The van der Waals surface area contributed by atoms with Crippen LogP contribution in [0.25, 0.3) is 0 Å². The predicted molar refractivity (Wildman–Crippen MR) is 160 cm³/mol. The maximum atomic E-state index is 12.3. The Morgan fingerprint density at radius 1 is 0.474 bits per heavy atom. The van der Waals surface area contributed by atoms with E-state index in [1.54, 1.807) is 24.3 Å². The number of hydrogen-bond acceptors (Lipinski definition) is 4. The molecule has 38 heavy (non-hydrogen) atoms. The van der Waals surface area contributed by atoms with Gasteiger partial charge in [-0.15, -0.1) is 0 Å². The van der Waals surface area contributed by atoms with E-state index in [0.717, 1.165) is 37.5 Å². The molecule has 218 valence electrons. The van der Waals surface area contributed by atoms with E-state index in [-0.39, 0.29) is 11.9 Å². The van der Waals surface area contributed by atoms with Crippen LogP contribution in [-0.2, 0) is 9.47 Å². The fraction of sp³-hybridized carbons (Fsp3) is 0.765. The normalized spacial score (nSPS) is 11.3. The van der Waals surface area contributed by atoms with Crippen molar-refractivity contribution >= 4 is 11.9 Å². The molecule has 0 spiro atoms. The molecular formula is C34H58O4. The molecule has 0 bridgehead atoms. The number of unbranched alkanes of at least 4 members (excludes halogenated alkanes) is 14. The van der Waals surface area contributed by atoms with Crippen LogP contribution in [0.4, 0.5) is 0 Å². The van der Waals surface area contributed by atoms with Crippen LogP contribution in [0, 0.1) is 11.8 Å². The summed E-state index contributed by atoms with van der Waals surface area (Å²) in [5.74, 6) is 0.992. The zero-order valence-corrected chi connectivity index (χ0v) is 25.2. The Kier molecular flexibility index (Phi) is 20.8. The molecule has 0 atom stereocenters. The lowest BCUT2D eigenvalue weighted by Crippen LogP contribution is -2.09. The predicted octanol–water partition coefficient (Wildman–Crippen LogP) is 10.3. The summed E-state index contributed by atoms with van der Waals surface area (Å²) in [6.07, 6.45) is 22.4. The second-order valence-electron chi connectivity index (χ2n) is 11.9. The Morgan fingerprint density at radius 3 is 1.03 bits per heavy atom. The van der Waals surface area contributed by atoms with Gasteiger partial charge in [-0.25, -0.2) is 9.59 Å². The second-order valence-corrected chi connectivity index (χ2v) is 11.9. The van der Waals surface area contributed by atoms with Crippen molar-refractivity contribution in [2.75, 3.05) is 13.2 Å². The number of esters is 2. The van der Waals surface area contributed by atoms with Crippen LogP contribution in [0.15, 0.2) is 24.3 Å². The van der Waals surface area contributed by atoms with Crippen molar-refractivity contribution in [3.05, 3.63) is 35.4 Å². The van der Waals surface area contributed by atoms with Gasteiger partial charge >= 0.3 is 11.9 Å². The highest BCUT2D eigenvalue weighted by atomic mass is 16.5. The summed E-state index contributed by atoms with van der Waals surface area (Å²) in [4.78, 5) is 24.5. The van der Waals surface area contributed by atoms with Crippen molar-refractivity contribution in [1.29, 1.82) is 0 Å². The van der Waals surface area contributed by atoms with Gasteiger partial charge in [-0.1, -0.05) is 130 Å². The summed E-state index contributed by atoms with van der Waals surface area (Å²) < 4.78 is 10.8. The van der Waals surface area contributed by atoms with Crippen molar-refractivity contribution in [3.63, 3.8) is 0 Å². The minimum Gasteiger partial charge on any atom is -0.462 e. The molecule has 1 aromatic rings. The third kappa shape index (κ3) is 19.3. The molecule has 0 aromatic heterocycles. The van der Waals surface area contributed by atoms with E-state index in [1.165, 1.54) is 89.9 Å². The monoisotopic (exact) mass is 530 g/mol. The van der Waals surface area contributed by atoms with Gasteiger partial charge in [0.25, 0.3) is 0 Å². The summed E-state index contributed by atoms with van der Waals surface area (Å²) >= 11 is 0. The van der Waals surface area contributed by atoms with Crippen molar-refractivity contribution in [1.82, 2.24) is 0 Å². The fourth-order valence-electron chi connectivity index (χ4n) is 4.67. The van der Waals surface area contributed by atoms with Crippen LogP contribution in [0.3, 0.4) is 0 Å². The first-order valence-corrected chi connectivity index (χ1v) is 15.8. The minimum atomic E-state index is -0.324. The first-order valence-electron chi connectivity index (χ1n) is 15.8. The van der Waals surface area contributed by atoms with Gasteiger partial charge in [0.2, 0.25) is 0 Å². The van der Waals surface area contributed by atoms with Gasteiger partial charge in [0.1, 0.15) is 0 Å². The fourth-order valence-corrected chi connectivity index (χ4v) is 4.67. The van der Waals surface area contributed by atoms with Gasteiger partial charge in [0, 0.05) is 0 Å². The zero-order chi connectivity index (χ0) is 27.8. The first kappa shape index (κ1) is 34.2. The molecule has 0 amide bonds. The van der Waals surface area contributed by atoms with E-state index >= 15 is 0 Å². The molecule has 0 heterocycles. The number of rotatable bonds is 24. The molecule has 0 saturated heterocycles. The van der Waals surface area contributed by atoms with E-state index < -0.39 is 0 Å². The minimum absolute atomic E-state index is 0.324. The number of carbonyl (C=O) groups is 2. The lowest BCUT2D eigenvalue weighted by atomic mass is 10.0. The summed E-state index contributed by atoms with van der Waals surface area (Å²) in [6.45, 7) is 10.1. The Hall–Kier alpha value is -1.84. The average molecular weight is 531 g/mol. The van der Waals surface area contributed by atoms with E-state index in [9.17, 15) is 9.59 Å². The standard InChI is InChI=1S/C34H58O4/c1-29(2)21-17-13-9-5-7-11-15-19-27-37-33(35)31-23-25-32(26-24-31)34(36)38-28-20-16-12-8-6-10-14-18-22-30(3)4/h23-26,29-30H,5-22,27-28H2,1-4H3. The van der Waals surface area contributed by atoms with Gasteiger partial charge in [0.05, 0.1) is 24.3 Å². The highest BCUT2D eigenvalue weighted by molar-refractivity contribution is 5.93. The molecule has 4 heteroatoms. The molecule has 0 unspecified atom stereocenters. The van der Waals surface area contributed by atoms with Crippen LogP contribution in [0.1, 0.15) is 164 Å². The molecule has 0 aliphatic heterocycles. The Balaban J connectivity index is 2.03. The third-order valence-corrected chi connectivity index (χ3v) is 7.17. The van der Waals surface area contributed by atoms with E-state index in [4.69, 9.17) is 9.47 Å². The first-order chi connectivity index (χ1) is 18.4. The maximum Gasteiger partial charge on any atom is 0.338 e. The van der Waals surface area contributed by atoms with Crippen molar-refractivity contribution in [2.24, 2.45) is 11.8 Å². The molecule has 0 saturated carbocycles. The number of hydrogen-bond donors (Lipinski definition) is 0. The second kappa shape index (κ2) is 23.1. The molecule has 4 nitrogen and oxygen atoms in total. The molecular weight excluding hydrogens is 472 g/mol. The van der Waals surface area contributed by atoms with Crippen molar-refractivity contribution in [2.45, 2.75) is 143 Å². The topological polar surface area (TPSA) is 52.6 Å². The van der Waals surface area contributed by atoms with Crippen molar-refractivity contribution < 1.29 is 19.1 Å². The van der Waals surface area contributed by atoms with Crippen LogP contribution in [-0.4, -0.2) is 25.2 Å². The maximum absolute atomic E-state index is 12.3. The lowest BCUT2D eigenvalue weighted by Gasteiger charge is -2.07. The third-order valence-electron chi connectivity index (χ3n) is 7.17. The zero-order valence-electron chi connectivity index (χ0n) is 25.2. The van der Waals surface area contributed by atoms with Crippen LogP contribution in [0.2, 0.25) is 0 Å². The Bertz CT molecular complexity index is 647. The molecule has 0 N–H and O–H groups in total. The molecule has 0 radical (unpaired) electrons. The number of benzene rings is 1. The highest BCUT2D eigenvalue weighted by Crippen LogP contribution is 2.14. The summed E-state index contributed by atoms with van der Waals surface area (Å²) in [5.41, 5.74) is 0.958. The van der Waals surface area contributed by atoms with E-state index in [0.29, 0.717) is 24.3 Å². The quantitative estimate of drug-likeness (QED) is 0.0985. The summed E-state index contributed by atoms with van der Waals surface area (Å²) in [7, 11) is 0. The number of ether oxygens (including phenoxy) is 2. The highest BCUT2D eigenvalue weighted by Gasteiger charge is 2.11. The molecule has 0 aliphatic rings. The SMILES string of the molecule is CC(C)CCCCCCCCCCOC(=O)c1ccc(C(=O)OCCCCCCCCCCC(C)C)cc1. The summed E-state index contributed by atoms with van der Waals surface area (Å²) in [6, 6.07) is 6.61. The Morgan fingerprint density at radius 2 is 0.737 bits per heavy atom. The van der Waals surface area contributed by atoms with Gasteiger partial charge in [-0.2, -0.15) is 0 Å². The Labute approximate surface area is 234 Å². The van der Waals surface area contributed by atoms with Crippen LogP contribution in [0.5, 0.6) is 0 Å². The molecule has 1 rings (SSSR count). The molecule has 0 fully saturated rings. The lowest BCUT2D eigenvalue weighted by molar-refractivity contribution is 0.0483. The smallest absolute Gasteiger partial charge is 0.338 e. The van der Waals surface area contributed by atoms with Crippen LogP contribution < -0.4 is 0 Å². The van der Waals surface area contributed by atoms with Gasteiger partial charge < -0.3 is 9.47 Å². The summed E-state index contributed by atoms with van der Waals surface area (Å²) in [5, 5.41) is 0. The van der Waals surface area contributed by atoms with Crippen molar-refractivity contribution in [3.8, 4) is 0 Å². The van der Waals surface area contributed by atoms with E-state index in [1.807, 2.05) is 0 Å². The van der Waals surface area contributed by atoms with Gasteiger partial charge in [0.15, 0.2) is 0 Å². The van der Waals surface area contributed by atoms with Gasteiger partial charge in [-0.05, 0) is 48.9 Å². The van der Waals surface area contributed by atoms with Gasteiger partial charge in [-0.3, -0.25) is 0 Å². The molecule has 0 aliphatic carbocycles.